The normalized spacial score (nSPS) is 9.36. The second-order valence-electron chi connectivity index (χ2n) is 9.28. The molecule has 12 N–H and O–H groups in total. The maximum Gasteiger partial charge on any atom is 0.339 e. The number of aromatic hydroxyl groups is 2. The van der Waals surface area contributed by atoms with Crippen LogP contribution in [0.4, 0.5) is 34.1 Å². The first kappa shape index (κ1) is 44.5. The Labute approximate surface area is 291 Å². The van der Waals surface area contributed by atoms with Crippen molar-refractivity contribution in [1.29, 1.82) is 0 Å². The number of nitrogens with zero attached hydrogens (tertiary/aromatic N) is 4. The van der Waals surface area contributed by atoms with Crippen molar-refractivity contribution in [1.82, 2.24) is 0 Å². The second-order valence-corrected chi connectivity index (χ2v) is 9.28. The fourth-order valence-corrected chi connectivity index (χ4v) is 3.32. The largest absolute Gasteiger partial charge is 0.507 e. The van der Waals surface area contributed by atoms with E-state index in [1.807, 2.05) is 0 Å². The highest BCUT2D eigenvalue weighted by Gasteiger charge is 2.20. The van der Waals surface area contributed by atoms with Crippen molar-refractivity contribution < 1.29 is 75.0 Å². The summed E-state index contributed by atoms with van der Waals surface area (Å²) < 4.78 is 0. The lowest BCUT2D eigenvalue weighted by Gasteiger charge is -1.98. The molecule has 25 heteroatoms. The summed E-state index contributed by atoms with van der Waals surface area (Å²) >= 11 is 0. The van der Waals surface area contributed by atoms with E-state index >= 15 is 0 Å². The van der Waals surface area contributed by atoms with Gasteiger partial charge in [0.2, 0.25) is 0 Å². The number of hydrogen-bond donors (Lipinski definition) is 8. The van der Waals surface area contributed by atoms with Crippen LogP contribution in [0.1, 0.15) is 41.4 Å². The molecule has 0 bridgehead atoms. The maximum atomic E-state index is 10.5. The summed E-state index contributed by atoms with van der Waals surface area (Å²) in [6, 6.07) is 12.2. The van der Waals surface area contributed by atoms with Gasteiger partial charge in [0.25, 0.3) is 22.7 Å². The second kappa shape index (κ2) is 19.5. The average molecular weight is 749 g/mol. The fourth-order valence-electron chi connectivity index (χ4n) is 3.32. The minimum Gasteiger partial charge on any atom is -0.507 e. The van der Waals surface area contributed by atoms with Crippen LogP contribution in [-0.4, -0.2) is 79.7 Å². The van der Waals surface area contributed by atoms with Crippen LogP contribution >= 0.6 is 0 Å². The van der Waals surface area contributed by atoms with Gasteiger partial charge in [0.15, 0.2) is 0 Å². The summed E-state index contributed by atoms with van der Waals surface area (Å²) in [5.41, 5.74) is 7.48. The summed E-state index contributed by atoms with van der Waals surface area (Å²) in [6.45, 7) is 0. The van der Waals surface area contributed by atoms with E-state index < -0.39 is 77.4 Å². The van der Waals surface area contributed by atoms with Crippen LogP contribution in [0, 0.1) is 40.5 Å². The highest BCUT2D eigenvalue weighted by molar-refractivity contribution is 5.92. The van der Waals surface area contributed by atoms with E-state index in [1.54, 1.807) is 0 Å². The molecule has 0 saturated carbocycles. The molecule has 4 aromatic rings. The molecule has 0 aliphatic rings. The number of carbonyl (C=O) groups is 4. The van der Waals surface area contributed by atoms with Crippen molar-refractivity contribution in [3.05, 3.63) is 136 Å². The molecule has 0 aromatic heterocycles. The van der Waals surface area contributed by atoms with Crippen molar-refractivity contribution in [2.24, 2.45) is 0 Å². The lowest BCUT2D eigenvalue weighted by molar-refractivity contribution is -0.394. The number of phenols is 2. The van der Waals surface area contributed by atoms with Gasteiger partial charge >= 0.3 is 23.9 Å². The number of rotatable bonds is 8. The minimum absolute atomic E-state index is 0. The van der Waals surface area contributed by atoms with Gasteiger partial charge in [-0.15, -0.1) is 0 Å². The molecular formula is C28H24N6O19. The van der Waals surface area contributed by atoms with E-state index in [9.17, 15) is 59.6 Å². The number of carboxylic acids is 4. The SMILES string of the molecule is Nc1ccc(C(=O)O)c(O)c1.Nc1ccc(C(=O)O)c(O)c1.O.O=C(O)c1cc([N+](=O)[O-])cc([N+](=O)[O-])c1.O=C(O)c1cc([N+](=O)[O-])cc([N+](=O)[O-])c1. The van der Waals surface area contributed by atoms with Gasteiger partial charge < -0.3 is 47.6 Å². The molecule has 0 amide bonds. The number of anilines is 2. The summed E-state index contributed by atoms with van der Waals surface area (Å²) in [5, 5.41) is 93.4. The Morgan fingerprint density at radius 3 is 0.868 bits per heavy atom. The van der Waals surface area contributed by atoms with Crippen molar-refractivity contribution in [3.8, 4) is 11.5 Å². The molecule has 0 fully saturated rings. The number of nitrogen functional groups attached to an aromatic ring is 2. The molecular weight excluding hydrogens is 724 g/mol. The standard InChI is InChI=1S/2C7H4N2O6.2C7H7NO3.H2O/c2*10-7(11)4-1-5(8(12)13)3-6(2-4)9(14)15;2*8-4-1-2-5(7(10)11)6(9)3-4;/h2*1-3H,(H,10,11);2*1-3,9H,8H2,(H,10,11);1H2. The molecule has 53 heavy (non-hydrogen) atoms. The van der Waals surface area contributed by atoms with Crippen LogP contribution in [0.5, 0.6) is 11.5 Å². The van der Waals surface area contributed by atoms with Crippen LogP contribution < -0.4 is 11.5 Å². The number of aromatic carboxylic acids is 4. The molecule has 0 spiro atoms. The molecule has 0 aliphatic heterocycles. The Morgan fingerprint density at radius 1 is 0.453 bits per heavy atom. The Hall–Kier alpha value is -8.48. The highest BCUT2D eigenvalue weighted by Crippen LogP contribution is 2.24. The topological polar surface area (TPSA) is 446 Å². The lowest BCUT2D eigenvalue weighted by Crippen LogP contribution is -2.00. The van der Waals surface area contributed by atoms with Gasteiger partial charge in [0.05, 0.1) is 43.0 Å². The van der Waals surface area contributed by atoms with Crippen molar-refractivity contribution in [3.63, 3.8) is 0 Å². The van der Waals surface area contributed by atoms with Gasteiger partial charge in [-0.3, -0.25) is 40.5 Å². The first-order valence-electron chi connectivity index (χ1n) is 13.0. The van der Waals surface area contributed by atoms with E-state index in [2.05, 4.69) is 0 Å². The van der Waals surface area contributed by atoms with Crippen LogP contribution in [0.2, 0.25) is 0 Å². The van der Waals surface area contributed by atoms with Crippen molar-refractivity contribution in [2.45, 2.75) is 0 Å². The lowest BCUT2D eigenvalue weighted by atomic mass is 10.2. The Kier molecular flexibility index (Phi) is 16.4. The number of nitro groups is 4. The summed E-state index contributed by atoms with van der Waals surface area (Å²) in [7, 11) is 0. The van der Waals surface area contributed by atoms with Crippen LogP contribution in [-0.2, 0) is 0 Å². The van der Waals surface area contributed by atoms with Gasteiger partial charge in [-0.25, -0.2) is 19.2 Å². The number of hydrogen-bond acceptors (Lipinski definition) is 16. The number of nitro benzene ring substituents is 4. The third-order valence-electron chi connectivity index (χ3n) is 5.65. The van der Waals surface area contributed by atoms with Crippen LogP contribution in [0.3, 0.4) is 0 Å². The minimum atomic E-state index is -1.46. The van der Waals surface area contributed by atoms with Gasteiger partial charge in [-0.05, 0) is 24.3 Å². The van der Waals surface area contributed by atoms with E-state index in [1.165, 1.54) is 36.4 Å². The van der Waals surface area contributed by atoms with E-state index in [-0.39, 0.29) is 28.1 Å². The van der Waals surface area contributed by atoms with Crippen molar-refractivity contribution >= 4 is 58.0 Å². The molecule has 25 nitrogen and oxygen atoms in total. The number of nitrogens with two attached hydrogens (primary N) is 2. The van der Waals surface area contributed by atoms with E-state index in [4.69, 9.17) is 42.1 Å². The summed E-state index contributed by atoms with van der Waals surface area (Å²) in [4.78, 5) is 79.5. The van der Waals surface area contributed by atoms with Crippen LogP contribution in [0.25, 0.3) is 0 Å². The zero-order valence-electron chi connectivity index (χ0n) is 26.0. The molecule has 0 radical (unpaired) electrons. The molecule has 280 valence electrons. The zero-order chi connectivity index (χ0) is 40.0. The van der Waals surface area contributed by atoms with Crippen molar-refractivity contribution in [2.75, 3.05) is 11.5 Å². The number of carboxylic acid groups (broad SMARTS) is 4. The summed E-state index contributed by atoms with van der Waals surface area (Å²) in [6.07, 6.45) is 0. The molecule has 0 unspecified atom stereocenters. The fraction of sp³-hybridized carbons (Fsp3) is 0. The van der Waals surface area contributed by atoms with Gasteiger partial charge in [0, 0.05) is 47.8 Å². The average Bonchev–Trinajstić information content (AvgIpc) is 3.04. The predicted octanol–water partition coefficient (Wildman–Crippen LogP) is 2.92. The zero-order valence-corrected chi connectivity index (χ0v) is 26.0. The van der Waals surface area contributed by atoms with E-state index in [0.717, 1.165) is 24.3 Å². The van der Waals surface area contributed by atoms with Gasteiger partial charge in [0.1, 0.15) is 22.6 Å². The quantitative estimate of drug-likeness (QED) is 0.0729. The third kappa shape index (κ3) is 13.9. The monoisotopic (exact) mass is 748 g/mol. The number of benzene rings is 4. The Balaban J connectivity index is 0.000000683. The predicted molar refractivity (Wildman–Crippen MR) is 176 cm³/mol. The number of non-ortho nitro benzene ring substituents is 4. The molecule has 0 saturated heterocycles. The summed E-state index contributed by atoms with van der Waals surface area (Å²) in [5.74, 6) is -5.86. The van der Waals surface area contributed by atoms with Gasteiger partial charge in [-0.2, -0.15) is 0 Å². The molecule has 4 rings (SSSR count). The smallest absolute Gasteiger partial charge is 0.339 e. The first-order valence-corrected chi connectivity index (χ1v) is 13.0. The van der Waals surface area contributed by atoms with Gasteiger partial charge in [-0.1, -0.05) is 0 Å². The maximum absolute atomic E-state index is 10.5. The Morgan fingerprint density at radius 2 is 0.698 bits per heavy atom. The Bertz CT molecular complexity index is 1780. The molecule has 0 atom stereocenters. The molecule has 0 aliphatic carbocycles. The van der Waals surface area contributed by atoms with E-state index in [0.29, 0.717) is 23.5 Å². The highest BCUT2D eigenvalue weighted by atomic mass is 16.6. The first-order chi connectivity index (χ1) is 24.0. The molecule has 4 aromatic carbocycles. The molecule has 0 heterocycles. The third-order valence-corrected chi connectivity index (χ3v) is 5.65. The van der Waals surface area contributed by atoms with Crippen LogP contribution in [0.15, 0.2) is 72.8 Å².